The van der Waals surface area contributed by atoms with Crippen molar-refractivity contribution in [1.82, 2.24) is 9.62 Å². The van der Waals surface area contributed by atoms with Gasteiger partial charge in [-0.15, -0.1) is 0 Å². The number of nitrogens with zero attached hydrogens (tertiary/aromatic N) is 1. The highest BCUT2D eigenvalue weighted by Gasteiger charge is 2.14. The topological polar surface area (TPSA) is 66.5 Å². The number of carbonyl (C=O) groups is 1. The van der Waals surface area contributed by atoms with E-state index < -0.39 is 10.0 Å². The molecule has 0 radical (unpaired) electrons. The molecule has 0 spiro atoms. The molecule has 0 heterocycles. The van der Waals surface area contributed by atoms with Crippen molar-refractivity contribution in [2.75, 3.05) is 19.6 Å². The predicted octanol–water partition coefficient (Wildman–Crippen LogP) is 2.18. The van der Waals surface area contributed by atoms with Crippen LogP contribution in [0.15, 0.2) is 29.2 Å². The molecule has 1 amide bonds. The fraction of sp³-hybridized carbons (Fsp3) is 0.562. The normalized spacial score (nSPS) is 11.4. The highest BCUT2D eigenvalue weighted by molar-refractivity contribution is 7.89. The van der Waals surface area contributed by atoms with E-state index >= 15 is 0 Å². The van der Waals surface area contributed by atoms with Gasteiger partial charge in [0.05, 0.1) is 4.90 Å². The molecule has 0 unspecified atom stereocenters. The molecule has 0 saturated heterocycles. The molecule has 0 aliphatic heterocycles. The van der Waals surface area contributed by atoms with Gasteiger partial charge in [0.25, 0.3) is 0 Å². The summed E-state index contributed by atoms with van der Waals surface area (Å²) in [5, 5.41) is 0. The SMILES string of the molecule is CCCCN(CCNS(=O)(=O)c1ccc(CC)cc1)C(C)=O. The summed E-state index contributed by atoms with van der Waals surface area (Å²) in [6.07, 6.45) is 2.79. The van der Waals surface area contributed by atoms with Crippen LogP contribution in [-0.2, 0) is 21.2 Å². The summed E-state index contributed by atoms with van der Waals surface area (Å²) in [4.78, 5) is 13.4. The van der Waals surface area contributed by atoms with E-state index in [0.717, 1.165) is 24.8 Å². The van der Waals surface area contributed by atoms with Crippen molar-refractivity contribution < 1.29 is 13.2 Å². The van der Waals surface area contributed by atoms with Gasteiger partial charge in [-0.3, -0.25) is 4.79 Å². The molecule has 22 heavy (non-hydrogen) atoms. The summed E-state index contributed by atoms with van der Waals surface area (Å²) in [5.41, 5.74) is 1.10. The fourth-order valence-corrected chi connectivity index (χ4v) is 3.10. The molecule has 0 saturated carbocycles. The highest BCUT2D eigenvalue weighted by Crippen LogP contribution is 2.10. The molecule has 1 N–H and O–H groups in total. The Morgan fingerprint density at radius 1 is 1.14 bits per heavy atom. The van der Waals surface area contributed by atoms with Crippen LogP contribution >= 0.6 is 0 Å². The maximum absolute atomic E-state index is 12.2. The zero-order valence-electron chi connectivity index (χ0n) is 13.6. The lowest BCUT2D eigenvalue weighted by Gasteiger charge is -2.20. The smallest absolute Gasteiger partial charge is 0.240 e. The second-order valence-corrected chi connectivity index (χ2v) is 7.02. The fourth-order valence-electron chi connectivity index (χ4n) is 2.08. The molecular formula is C16H26N2O3S. The summed E-state index contributed by atoms with van der Waals surface area (Å²) in [6, 6.07) is 6.86. The van der Waals surface area contributed by atoms with E-state index in [4.69, 9.17) is 0 Å². The number of nitrogens with one attached hydrogen (secondary N) is 1. The third-order valence-corrected chi connectivity index (χ3v) is 5.02. The van der Waals surface area contributed by atoms with Gasteiger partial charge < -0.3 is 4.90 Å². The number of sulfonamides is 1. The van der Waals surface area contributed by atoms with E-state index in [-0.39, 0.29) is 17.3 Å². The quantitative estimate of drug-likeness (QED) is 0.756. The summed E-state index contributed by atoms with van der Waals surface area (Å²) >= 11 is 0. The second kappa shape index (κ2) is 8.90. The number of benzene rings is 1. The van der Waals surface area contributed by atoms with E-state index in [0.29, 0.717) is 13.1 Å². The van der Waals surface area contributed by atoms with Crippen molar-refractivity contribution in [1.29, 1.82) is 0 Å². The number of amides is 1. The van der Waals surface area contributed by atoms with Crippen LogP contribution < -0.4 is 4.72 Å². The Kier molecular flexibility index (Phi) is 7.55. The van der Waals surface area contributed by atoms with Crippen LogP contribution in [0, 0.1) is 0 Å². The Labute approximate surface area is 133 Å². The second-order valence-electron chi connectivity index (χ2n) is 5.25. The molecule has 5 nitrogen and oxygen atoms in total. The van der Waals surface area contributed by atoms with Crippen molar-refractivity contribution in [2.24, 2.45) is 0 Å². The Morgan fingerprint density at radius 3 is 2.27 bits per heavy atom. The molecular weight excluding hydrogens is 300 g/mol. The average Bonchev–Trinajstić information content (AvgIpc) is 2.50. The van der Waals surface area contributed by atoms with Crippen LogP contribution in [0.4, 0.5) is 0 Å². The van der Waals surface area contributed by atoms with Gasteiger partial charge in [-0.2, -0.15) is 0 Å². The molecule has 0 atom stereocenters. The lowest BCUT2D eigenvalue weighted by atomic mass is 10.2. The van der Waals surface area contributed by atoms with Gasteiger partial charge in [-0.25, -0.2) is 13.1 Å². The monoisotopic (exact) mass is 326 g/mol. The average molecular weight is 326 g/mol. The first-order valence-corrected chi connectivity index (χ1v) is 9.23. The molecule has 0 aliphatic rings. The lowest BCUT2D eigenvalue weighted by Crippen LogP contribution is -2.38. The molecule has 1 aromatic carbocycles. The number of aryl methyl sites for hydroxylation is 1. The van der Waals surface area contributed by atoms with E-state index in [9.17, 15) is 13.2 Å². The molecule has 0 bridgehead atoms. The van der Waals surface area contributed by atoms with Gasteiger partial charge in [0.1, 0.15) is 0 Å². The van der Waals surface area contributed by atoms with Gasteiger partial charge in [-0.1, -0.05) is 32.4 Å². The predicted molar refractivity (Wildman–Crippen MR) is 88.2 cm³/mol. The van der Waals surface area contributed by atoms with Crippen molar-refractivity contribution in [3.63, 3.8) is 0 Å². The summed E-state index contributed by atoms with van der Waals surface area (Å²) < 4.78 is 26.9. The first-order chi connectivity index (χ1) is 10.4. The number of unbranched alkanes of at least 4 members (excludes halogenated alkanes) is 1. The molecule has 0 aromatic heterocycles. The van der Waals surface area contributed by atoms with Crippen LogP contribution in [-0.4, -0.2) is 38.9 Å². The zero-order valence-corrected chi connectivity index (χ0v) is 14.4. The number of hydrogen-bond acceptors (Lipinski definition) is 3. The van der Waals surface area contributed by atoms with E-state index in [2.05, 4.69) is 11.6 Å². The van der Waals surface area contributed by atoms with Crippen LogP contribution in [0.3, 0.4) is 0 Å². The Bertz CT molecular complexity index is 568. The van der Waals surface area contributed by atoms with Gasteiger partial charge in [-0.05, 0) is 30.5 Å². The van der Waals surface area contributed by atoms with Crippen LogP contribution in [0.5, 0.6) is 0 Å². The largest absolute Gasteiger partial charge is 0.342 e. The number of carbonyl (C=O) groups excluding carboxylic acids is 1. The maximum atomic E-state index is 12.2. The van der Waals surface area contributed by atoms with E-state index in [1.807, 2.05) is 19.1 Å². The van der Waals surface area contributed by atoms with Crippen molar-refractivity contribution in [3.8, 4) is 0 Å². The summed E-state index contributed by atoms with van der Waals surface area (Å²) in [5.74, 6) is -0.0278. The van der Waals surface area contributed by atoms with Gasteiger partial charge in [0.2, 0.25) is 15.9 Å². The Balaban J connectivity index is 2.58. The molecule has 1 aromatic rings. The van der Waals surface area contributed by atoms with Crippen LogP contribution in [0.2, 0.25) is 0 Å². The first-order valence-electron chi connectivity index (χ1n) is 7.74. The third kappa shape index (κ3) is 5.77. The van der Waals surface area contributed by atoms with Gasteiger partial charge in [0, 0.05) is 26.6 Å². The Morgan fingerprint density at radius 2 is 1.77 bits per heavy atom. The first kappa shape index (κ1) is 18.6. The minimum atomic E-state index is -3.52. The minimum absolute atomic E-state index is 0.0278. The molecule has 6 heteroatoms. The highest BCUT2D eigenvalue weighted by atomic mass is 32.2. The van der Waals surface area contributed by atoms with Gasteiger partial charge >= 0.3 is 0 Å². The minimum Gasteiger partial charge on any atom is -0.342 e. The Hall–Kier alpha value is -1.40. The zero-order chi connectivity index (χ0) is 16.6. The van der Waals surface area contributed by atoms with Crippen LogP contribution in [0.1, 0.15) is 39.2 Å². The maximum Gasteiger partial charge on any atom is 0.240 e. The molecule has 0 aliphatic carbocycles. The van der Waals surface area contributed by atoms with Crippen molar-refractivity contribution >= 4 is 15.9 Å². The standard InChI is InChI=1S/C16H26N2O3S/c1-4-6-12-18(14(3)19)13-11-17-22(20,21)16-9-7-15(5-2)8-10-16/h7-10,17H,4-6,11-13H2,1-3H3. The van der Waals surface area contributed by atoms with Crippen molar-refractivity contribution in [2.45, 2.75) is 44.9 Å². The molecule has 1 rings (SSSR count). The summed E-state index contributed by atoms with van der Waals surface area (Å²) in [7, 11) is -3.52. The lowest BCUT2D eigenvalue weighted by molar-refractivity contribution is -0.128. The summed E-state index contributed by atoms with van der Waals surface area (Å²) in [6.45, 7) is 6.87. The van der Waals surface area contributed by atoms with Crippen LogP contribution in [0.25, 0.3) is 0 Å². The third-order valence-electron chi connectivity index (χ3n) is 3.54. The van der Waals surface area contributed by atoms with Gasteiger partial charge in [0.15, 0.2) is 0 Å². The van der Waals surface area contributed by atoms with E-state index in [1.54, 1.807) is 17.0 Å². The van der Waals surface area contributed by atoms with Crippen molar-refractivity contribution in [3.05, 3.63) is 29.8 Å². The van der Waals surface area contributed by atoms with E-state index in [1.165, 1.54) is 6.92 Å². The molecule has 0 fully saturated rings. The number of hydrogen-bond donors (Lipinski definition) is 1. The number of rotatable bonds is 9. The molecule has 124 valence electrons.